The van der Waals surface area contributed by atoms with Gasteiger partial charge in [-0.25, -0.2) is 4.98 Å². The van der Waals surface area contributed by atoms with Gasteiger partial charge < -0.3 is 14.1 Å². The van der Waals surface area contributed by atoms with Gasteiger partial charge in [-0.2, -0.15) is 9.97 Å². The minimum absolute atomic E-state index is 0.572. The molecule has 3 heterocycles. The van der Waals surface area contributed by atoms with Crippen molar-refractivity contribution < 1.29 is 9.15 Å². The second-order valence-electron chi connectivity index (χ2n) is 5.17. The minimum atomic E-state index is 0.572. The van der Waals surface area contributed by atoms with E-state index in [1.807, 2.05) is 36.6 Å². The number of morpholine rings is 1. The lowest BCUT2D eigenvalue weighted by molar-refractivity contribution is 0.122. The van der Waals surface area contributed by atoms with Crippen LogP contribution in [0.3, 0.4) is 0 Å². The van der Waals surface area contributed by atoms with Gasteiger partial charge in [0.15, 0.2) is 11.0 Å². The van der Waals surface area contributed by atoms with E-state index in [-0.39, 0.29) is 0 Å². The Bertz CT molecular complexity index is 816. The molecular weight excluding hydrogens is 312 g/mol. The molecule has 7 heteroatoms. The van der Waals surface area contributed by atoms with Gasteiger partial charge in [0.25, 0.3) is 0 Å². The van der Waals surface area contributed by atoms with E-state index in [0.717, 1.165) is 24.5 Å². The first kappa shape index (κ1) is 14.5. The number of nitrogens with zero attached hydrogens (tertiary/aromatic N) is 4. The summed E-state index contributed by atoms with van der Waals surface area (Å²) in [4.78, 5) is 15.9. The predicted molar refractivity (Wildman–Crippen MR) is 89.8 cm³/mol. The normalized spacial score (nSPS) is 15.3. The average molecular weight is 328 g/mol. The molecular formula is C16H16N4O2S. The molecule has 1 aliphatic heterocycles. The first-order valence-corrected chi connectivity index (χ1v) is 8.68. The summed E-state index contributed by atoms with van der Waals surface area (Å²) in [6.07, 6.45) is 1.96. The maximum atomic E-state index is 6.01. The highest BCUT2D eigenvalue weighted by Gasteiger charge is 2.22. The fourth-order valence-electron chi connectivity index (χ4n) is 2.58. The maximum Gasteiger partial charge on any atom is 0.229 e. The number of rotatable bonds is 3. The Kier molecular flexibility index (Phi) is 3.88. The summed E-state index contributed by atoms with van der Waals surface area (Å²) in [6.45, 7) is 2.97. The third kappa shape index (κ3) is 2.77. The third-order valence-corrected chi connectivity index (χ3v) is 4.28. The second kappa shape index (κ2) is 6.17. The minimum Gasteiger partial charge on any atom is -0.430 e. The molecule has 0 atom stereocenters. The Morgan fingerprint density at radius 2 is 1.83 bits per heavy atom. The molecule has 1 fully saturated rings. The van der Waals surface area contributed by atoms with Crippen LogP contribution >= 0.6 is 11.8 Å². The van der Waals surface area contributed by atoms with Crippen molar-refractivity contribution in [2.24, 2.45) is 0 Å². The average Bonchev–Trinajstić information content (AvgIpc) is 3.06. The fourth-order valence-corrected chi connectivity index (χ4v) is 2.93. The highest BCUT2D eigenvalue weighted by atomic mass is 32.2. The molecule has 2 aromatic heterocycles. The summed E-state index contributed by atoms with van der Waals surface area (Å²) in [5.74, 6) is 1.37. The van der Waals surface area contributed by atoms with Crippen LogP contribution in [0.25, 0.3) is 22.7 Å². The fraction of sp³-hybridized carbons (Fsp3) is 0.312. The Morgan fingerprint density at radius 1 is 1.04 bits per heavy atom. The molecule has 23 heavy (non-hydrogen) atoms. The van der Waals surface area contributed by atoms with Gasteiger partial charge in [0, 0.05) is 18.7 Å². The summed E-state index contributed by atoms with van der Waals surface area (Å²) in [6, 6.07) is 9.85. The largest absolute Gasteiger partial charge is 0.430 e. The molecule has 4 rings (SSSR count). The molecule has 6 nitrogen and oxygen atoms in total. The van der Waals surface area contributed by atoms with Gasteiger partial charge in [-0.15, -0.1) is 0 Å². The molecule has 1 saturated heterocycles. The SMILES string of the molecule is CSc1nc(N2CCOCC2)c2oc(-c3ccccc3)nc2n1. The Hall–Kier alpha value is -2.12. The van der Waals surface area contributed by atoms with Crippen molar-refractivity contribution in [1.82, 2.24) is 15.0 Å². The number of hydrogen-bond acceptors (Lipinski definition) is 7. The lowest BCUT2D eigenvalue weighted by atomic mass is 10.2. The van der Waals surface area contributed by atoms with Crippen LogP contribution in [0.15, 0.2) is 39.9 Å². The van der Waals surface area contributed by atoms with E-state index in [1.165, 1.54) is 11.8 Å². The van der Waals surface area contributed by atoms with Gasteiger partial charge in [0.1, 0.15) is 0 Å². The molecule has 0 radical (unpaired) electrons. The van der Waals surface area contributed by atoms with E-state index in [9.17, 15) is 0 Å². The van der Waals surface area contributed by atoms with Crippen molar-refractivity contribution in [3.63, 3.8) is 0 Å². The highest BCUT2D eigenvalue weighted by molar-refractivity contribution is 7.98. The van der Waals surface area contributed by atoms with Crippen LogP contribution in [0.4, 0.5) is 5.82 Å². The van der Waals surface area contributed by atoms with E-state index in [4.69, 9.17) is 9.15 Å². The zero-order chi connectivity index (χ0) is 15.6. The number of thioether (sulfide) groups is 1. The number of anilines is 1. The summed E-state index contributed by atoms with van der Waals surface area (Å²) in [5.41, 5.74) is 2.18. The summed E-state index contributed by atoms with van der Waals surface area (Å²) in [7, 11) is 0. The highest BCUT2D eigenvalue weighted by Crippen LogP contribution is 2.31. The van der Waals surface area contributed by atoms with Gasteiger partial charge in [-0.05, 0) is 18.4 Å². The van der Waals surface area contributed by atoms with E-state index < -0.39 is 0 Å². The molecule has 118 valence electrons. The maximum absolute atomic E-state index is 6.01. The molecule has 1 aliphatic rings. The Morgan fingerprint density at radius 3 is 2.57 bits per heavy atom. The number of oxazole rings is 1. The van der Waals surface area contributed by atoms with Crippen LogP contribution in [-0.2, 0) is 4.74 Å². The summed E-state index contributed by atoms with van der Waals surface area (Å²) < 4.78 is 11.4. The van der Waals surface area contributed by atoms with Gasteiger partial charge in [0.2, 0.25) is 17.1 Å². The quantitative estimate of drug-likeness (QED) is 0.541. The predicted octanol–water partition coefficient (Wildman–Crippen LogP) is 2.84. The van der Waals surface area contributed by atoms with Gasteiger partial charge >= 0.3 is 0 Å². The van der Waals surface area contributed by atoms with Crippen LogP contribution in [-0.4, -0.2) is 47.5 Å². The van der Waals surface area contributed by atoms with Crippen LogP contribution in [0.2, 0.25) is 0 Å². The number of aromatic nitrogens is 3. The monoisotopic (exact) mass is 328 g/mol. The van der Waals surface area contributed by atoms with Crippen molar-refractivity contribution in [3.8, 4) is 11.5 Å². The van der Waals surface area contributed by atoms with Crippen LogP contribution < -0.4 is 4.90 Å². The van der Waals surface area contributed by atoms with Crippen molar-refractivity contribution in [2.45, 2.75) is 5.16 Å². The number of fused-ring (bicyclic) bond motifs is 1. The van der Waals surface area contributed by atoms with Crippen LogP contribution in [0.5, 0.6) is 0 Å². The zero-order valence-electron chi connectivity index (χ0n) is 12.7. The molecule has 0 aliphatic carbocycles. The molecule has 1 aromatic carbocycles. The van der Waals surface area contributed by atoms with Gasteiger partial charge in [-0.3, -0.25) is 0 Å². The Labute approximate surface area is 137 Å². The molecule has 0 saturated carbocycles. The number of benzene rings is 1. The zero-order valence-corrected chi connectivity index (χ0v) is 13.5. The second-order valence-corrected chi connectivity index (χ2v) is 5.94. The van der Waals surface area contributed by atoms with Crippen LogP contribution in [0, 0.1) is 0 Å². The molecule has 0 amide bonds. The van der Waals surface area contributed by atoms with Crippen LogP contribution in [0.1, 0.15) is 0 Å². The molecule has 0 bridgehead atoms. The van der Waals surface area contributed by atoms with Gasteiger partial charge in [0.05, 0.1) is 13.2 Å². The first-order chi connectivity index (χ1) is 11.3. The van der Waals surface area contributed by atoms with Crippen molar-refractivity contribution >= 4 is 28.8 Å². The van der Waals surface area contributed by atoms with Gasteiger partial charge in [-0.1, -0.05) is 30.0 Å². The smallest absolute Gasteiger partial charge is 0.229 e. The summed E-state index contributed by atoms with van der Waals surface area (Å²) >= 11 is 1.51. The molecule has 0 N–H and O–H groups in total. The van der Waals surface area contributed by atoms with E-state index >= 15 is 0 Å². The molecule has 3 aromatic rings. The first-order valence-electron chi connectivity index (χ1n) is 7.46. The topological polar surface area (TPSA) is 64.3 Å². The summed E-state index contributed by atoms with van der Waals surface area (Å²) in [5, 5.41) is 0.701. The standard InChI is InChI=1S/C16H16N4O2S/c1-23-16-18-13-12(14(19-16)20-7-9-21-10-8-20)22-15(17-13)11-5-3-2-4-6-11/h2-6H,7-10H2,1H3. The lowest BCUT2D eigenvalue weighted by Gasteiger charge is -2.27. The Balaban J connectivity index is 1.85. The third-order valence-electron chi connectivity index (χ3n) is 3.73. The molecule has 0 spiro atoms. The van der Waals surface area contributed by atoms with E-state index in [1.54, 1.807) is 0 Å². The van der Waals surface area contributed by atoms with Crippen molar-refractivity contribution in [3.05, 3.63) is 30.3 Å². The molecule has 0 unspecified atom stereocenters. The van der Waals surface area contributed by atoms with Crippen molar-refractivity contribution in [1.29, 1.82) is 0 Å². The van der Waals surface area contributed by atoms with E-state index in [0.29, 0.717) is 35.5 Å². The number of ether oxygens (including phenoxy) is 1. The number of hydrogen-bond donors (Lipinski definition) is 0. The van der Waals surface area contributed by atoms with Crippen molar-refractivity contribution in [2.75, 3.05) is 37.5 Å². The van der Waals surface area contributed by atoms with E-state index in [2.05, 4.69) is 19.9 Å². The lowest BCUT2D eigenvalue weighted by Crippen LogP contribution is -2.37.